The van der Waals surface area contributed by atoms with Crippen LogP contribution in [0.5, 0.6) is 5.75 Å². The average Bonchev–Trinajstić information content (AvgIpc) is 3.19. The van der Waals surface area contributed by atoms with E-state index in [4.69, 9.17) is 10.5 Å². The van der Waals surface area contributed by atoms with Crippen LogP contribution in [-0.4, -0.2) is 25.6 Å². The van der Waals surface area contributed by atoms with Crippen LogP contribution in [0.25, 0.3) is 0 Å². The Morgan fingerprint density at radius 1 is 1.58 bits per heavy atom. The Bertz CT molecular complexity index is 461. The molecule has 2 rings (SSSR count). The fourth-order valence-corrected chi connectivity index (χ4v) is 2.01. The summed E-state index contributed by atoms with van der Waals surface area (Å²) in [4.78, 5) is 11.8. The lowest BCUT2D eigenvalue weighted by atomic mass is 9.95. The minimum atomic E-state index is -0.430. The first kappa shape index (κ1) is 13.8. The molecular formula is C14H19FN2O2. The Morgan fingerprint density at radius 3 is 2.84 bits per heavy atom. The van der Waals surface area contributed by atoms with Crippen molar-refractivity contribution >= 4 is 5.91 Å². The van der Waals surface area contributed by atoms with Gasteiger partial charge in [-0.2, -0.15) is 0 Å². The number of carbonyl (C=O) groups excluding carboxylic acids is 1. The lowest BCUT2D eigenvalue weighted by Gasteiger charge is -2.15. The van der Waals surface area contributed by atoms with Crippen molar-refractivity contribution in [2.75, 3.05) is 13.7 Å². The van der Waals surface area contributed by atoms with Crippen molar-refractivity contribution in [2.24, 2.45) is 5.73 Å². The number of nitrogens with two attached hydrogens (primary N) is 1. The van der Waals surface area contributed by atoms with Gasteiger partial charge in [0.25, 0.3) is 0 Å². The maximum Gasteiger partial charge on any atom is 0.220 e. The van der Waals surface area contributed by atoms with Gasteiger partial charge in [-0.1, -0.05) is 6.07 Å². The molecule has 0 saturated heterocycles. The zero-order valence-electron chi connectivity index (χ0n) is 11.0. The van der Waals surface area contributed by atoms with E-state index in [0.29, 0.717) is 19.0 Å². The molecule has 0 bridgehead atoms. The Morgan fingerprint density at radius 2 is 2.32 bits per heavy atom. The molecule has 19 heavy (non-hydrogen) atoms. The van der Waals surface area contributed by atoms with Crippen molar-refractivity contribution < 1.29 is 13.9 Å². The zero-order chi connectivity index (χ0) is 13.8. The third kappa shape index (κ3) is 3.67. The van der Waals surface area contributed by atoms with Gasteiger partial charge in [-0.3, -0.25) is 4.79 Å². The molecule has 0 heterocycles. The van der Waals surface area contributed by atoms with E-state index in [1.807, 2.05) is 0 Å². The largest absolute Gasteiger partial charge is 0.494 e. The Hall–Kier alpha value is -1.62. The molecule has 1 fully saturated rings. The van der Waals surface area contributed by atoms with E-state index < -0.39 is 5.82 Å². The highest BCUT2D eigenvalue weighted by atomic mass is 19.1. The highest BCUT2D eigenvalue weighted by Crippen LogP contribution is 2.25. The molecule has 0 aliphatic heterocycles. The van der Waals surface area contributed by atoms with Crippen molar-refractivity contribution in [3.05, 3.63) is 29.6 Å². The number of nitrogens with one attached hydrogen (secondary N) is 1. The second kappa shape index (κ2) is 6.02. The quantitative estimate of drug-likeness (QED) is 0.821. The zero-order valence-corrected chi connectivity index (χ0v) is 11.0. The van der Waals surface area contributed by atoms with Crippen molar-refractivity contribution in [1.29, 1.82) is 0 Å². The van der Waals surface area contributed by atoms with E-state index >= 15 is 0 Å². The predicted molar refractivity (Wildman–Crippen MR) is 70.5 cm³/mol. The molecule has 3 N–H and O–H groups in total. The Balaban J connectivity index is 2.03. The van der Waals surface area contributed by atoms with Gasteiger partial charge in [0.15, 0.2) is 11.6 Å². The van der Waals surface area contributed by atoms with Gasteiger partial charge in [-0.05, 0) is 37.1 Å². The summed E-state index contributed by atoms with van der Waals surface area (Å²) < 4.78 is 18.5. The molecule has 1 aliphatic rings. The van der Waals surface area contributed by atoms with Crippen molar-refractivity contribution in [1.82, 2.24) is 5.32 Å². The van der Waals surface area contributed by atoms with E-state index in [0.717, 1.165) is 18.4 Å². The lowest BCUT2D eigenvalue weighted by molar-refractivity contribution is -0.121. The Kier molecular flexibility index (Phi) is 4.37. The first-order valence-corrected chi connectivity index (χ1v) is 6.47. The number of halogens is 1. The molecule has 1 aromatic carbocycles. The second-order valence-corrected chi connectivity index (χ2v) is 4.87. The van der Waals surface area contributed by atoms with E-state index in [9.17, 15) is 9.18 Å². The summed E-state index contributed by atoms with van der Waals surface area (Å²) in [5, 5.41) is 2.91. The van der Waals surface area contributed by atoms with Gasteiger partial charge >= 0.3 is 0 Å². The number of methoxy groups -OCH3 is 1. The normalized spacial score (nSPS) is 15.9. The van der Waals surface area contributed by atoms with Crippen LogP contribution in [0.2, 0.25) is 0 Å². The molecule has 1 aromatic rings. The predicted octanol–water partition coefficient (Wildman–Crippen LogP) is 1.55. The molecule has 5 heteroatoms. The van der Waals surface area contributed by atoms with Gasteiger partial charge in [0.2, 0.25) is 5.91 Å². The maximum absolute atomic E-state index is 13.6. The summed E-state index contributed by atoms with van der Waals surface area (Å²) >= 11 is 0. The van der Waals surface area contributed by atoms with Gasteiger partial charge in [-0.25, -0.2) is 4.39 Å². The number of ether oxygens (including phenoxy) is 1. The van der Waals surface area contributed by atoms with Gasteiger partial charge in [0, 0.05) is 18.4 Å². The van der Waals surface area contributed by atoms with Crippen LogP contribution in [0.4, 0.5) is 4.39 Å². The number of amides is 1. The fourth-order valence-electron chi connectivity index (χ4n) is 2.01. The molecule has 1 unspecified atom stereocenters. The topological polar surface area (TPSA) is 64.3 Å². The summed E-state index contributed by atoms with van der Waals surface area (Å²) in [6.45, 7) is 0.309. The summed E-state index contributed by atoms with van der Waals surface area (Å²) in [6.07, 6.45) is 2.39. The van der Waals surface area contributed by atoms with Crippen LogP contribution < -0.4 is 15.8 Å². The van der Waals surface area contributed by atoms with Crippen molar-refractivity contribution in [2.45, 2.75) is 31.2 Å². The Labute approximate surface area is 112 Å². The van der Waals surface area contributed by atoms with E-state index in [2.05, 4.69) is 5.32 Å². The van der Waals surface area contributed by atoms with Crippen LogP contribution in [0.3, 0.4) is 0 Å². The first-order valence-electron chi connectivity index (χ1n) is 6.47. The first-order chi connectivity index (χ1) is 9.13. The molecule has 1 saturated carbocycles. The highest BCUT2D eigenvalue weighted by Gasteiger charge is 2.25. The number of rotatable bonds is 6. The fraction of sp³-hybridized carbons (Fsp3) is 0.500. The molecule has 1 aliphatic carbocycles. The molecule has 0 aromatic heterocycles. The maximum atomic E-state index is 13.6. The molecular weight excluding hydrogens is 247 g/mol. The van der Waals surface area contributed by atoms with Crippen LogP contribution in [-0.2, 0) is 4.79 Å². The third-order valence-electron chi connectivity index (χ3n) is 3.31. The van der Waals surface area contributed by atoms with E-state index in [1.165, 1.54) is 13.2 Å². The number of benzene rings is 1. The minimum Gasteiger partial charge on any atom is -0.494 e. The standard InChI is InChI=1S/C14H19FN2O2/c1-19-13-5-2-9(6-12(13)15)10(8-16)7-14(18)17-11-3-4-11/h2,5-6,10-11H,3-4,7-8,16H2,1H3,(H,17,18). The highest BCUT2D eigenvalue weighted by molar-refractivity contribution is 5.77. The second-order valence-electron chi connectivity index (χ2n) is 4.87. The average molecular weight is 266 g/mol. The van der Waals surface area contributed by atoms with Gasteiger partial charge in [-0.15, -0.1) is 0 Å². The smallest absolute Gasteiger partial charge is 0.220 e. The number of hydrogen-bond acceptors (Lipinski definition) is 3. The summed E-state index contributed by atoms with van der Waals surface area (Å²) in [6, 6.07) is 5.04. The van der Waals surface area contributed by atoms with Crippen LogP contribution in [0.15, 0.2) is 18.2 Å². The number of carbonyl (C=O) groups is 1. The summed E-state index contributed by atoms with van der Waals surface area (Å²) in [5.74, 6) is -0.420. The van der Waals surface area contributed by atoms with Crippen molar-refractivity contribution in [3.63, 3.8) is 0 Å². The molecule has 0 spiro atoms. The molecule has 104 valence electrons. The van der Waals surface area contributed by atoms with Crippen LogP contribution >= 0.6 is 0 Å². The SMILES string of the molecule is COc1ccc(C(CN)CC(=O)NC2CC2)cc1F. The molecule has 1 amide bonds. The minimum absolute atomic E-state index is 0.0193. The van der Waals surface area contributed by atoms with E-state index in [-0.39, 0.29) is 17.6 Å². The number of hydrogen-bond donors (Lipinski definition) is 2. The van der Waals surface area contributed by atoms with E-state index in [1.54, 1.807) is 12.1 Å². The van der Waals surface area contributed by atoms with Crippen LogP contribution in [0.1, 0.15) is 30.7 Å². The molecule has 0 radical (unpaired) electrons. The molecule has 1 atom stereocenters. The van der Waals surface area contributed by atoms with Gasteiger partial charge < -0.3 is 15.8 Å². The van der Waals surface area contributed by atoms with Gasteiger partial charge in [0.05, 0.1) is 7.11 Å². The summed E-state index contributed by atoms with van der Waals surface area (Å²) in [5.41, 5.74) is 6.41. The summed E-state index contributed by atoms with van der Waals surface area (Å²) in [7, 11) is 1.42. The lowest BCUT2D eigenvalue weighted by Crippen LogP contribution is -2.28. The molecule has 4 nitrogen and oxygen atoms in total. The monoisotopic (exact) mass is 266 g/mol. The third-order valence-corrected chi connectivity index (χ3v) is 3.31. The van der Waals surface area contributed by atoms with Crippen molar-refractivity contribution in [3.8, 4) is 5.75 Å². The van der Waals surface area contributed by atoms with Gasteiger partial charge in [0.1, 0.15) is 0 Å². The van der Waals surface area contributed by atoms with Crippen LogP contribution in [0, 0.1) is 5.82 Å².